The SMILES string of the molecule is COC(=O)[C@H](NC(=O)c1ccncc1)[C@@H](C)CC#N. The Morgan fingerprint density at radius 1 is 1.47 bits per heavy atom. The number of hydrogen-bond acceptors (Lipinski definition) is 5. The summed E-state index contributed by atoms with van der Waals surface area (Å²) in [4.78, 5) is 27.4. The fourth-order valence-corrected chi connectivity index (χ4v) is 1.55. The zero-order valence-corrected chi connectivity index (χ0v) is 10.8. The smallest absolute Gasteiger partial charge is 0.328 e. The zero-order chi connectivity index (χ0) is 14.3. The van der Waals surface area contributed by atoms with Crippen molar-refractivity contribution in [2.75, 3.05) is 7.11 Å². The Balaban J connectivity index is 2.81. The summed E-state index contributed by atoms with van der Waals surface area (Å²) >= 11 is 0. The number of nitriles is 1. The van der Waals surface area contributed by atoms with Crippen LogP contribution in [0.4, 0.5) is 0 Å². The molecule has 19 heavy (non-hydrogen) atoms. The second-order valence-electron chi connectivity index (χ2n) is 4.05. The highest BCUT2D eigenvalue weighted by atomic mass is 16.5. The topological polar surface area (TPSA) is 92.1 Å². The average molecular weight is 261 g/mol. The van der Waals surface area contributed by atoms with Crippen LogP contribution in [-0.4, -0.2) is 30.0 Å². The maximum atomic E-state index is 12.0. The minimum atomic E-state index is -0.842. The monoisotopic (exact) mass is 261 g/mol. The summed E-state index contributed by atoms with van der Waals surface area (Å²) < 4.78 is 4.64. The summed E-state index contributed by atoms with van der Waals surface area (Å²) in [6.07, 6.45) is 3.12. The van der Waals surface area contributed by atoms with Gasteiger partial charge in [-0.3, -0.25) is 9.78 Å². The number of esters is 1. The Kier molecular flexibility index (Phi) is 5.48. The lowest BCUT2D eigenvalue weighted by Crippen LogP contribution is -2.45. The highest BCUT2D eigenvalue weighted by molar-refractivity contribution is 5.96. The minimum absolute atomic E-state index is 0.149. The fourth-order valence-electron chi connectivity index (χ4n) is 1.55. The van der Waals surface area contributed by atoms with Crippen molar-refractivity contribution >= 4 is 11.9 Å². The van der Waals surface area contributed by atoms with Crippen molar-refractivity contribution in [1.29, 1.82) is 5.26 Å². The van der Waals surface area contributed by atoms with Gasteiger partial charge in [0.1, 0.15) is 6.04 Å². The van der Waals surface area contributed by atoms with Gasteiger partial charge in [0.25, 0.3) is 5.91 Å². The molecule has 100 valence electrons. The molecule has 1 aromatic rings. The molecule has 0 spiro atoms. The van der Waals surface area contributed by atoms with Crippen LogP contribution in [0, 0.1) is 17.2 Å². The zero-order valence-electron chi connectivity index (χ0n) is 10.8. The molecule has 0 saturated carbocycles. The Morgan fingerprint density at radius 3 is 2.63 bits per heavy atom. The van der Waals surface area contributed by atoms with E-state index in [2.05, 4.69) is 15.0 Å². The lowest BCUT2D eigenvalue weighted by molar-refractivity contribution is -0.144. The molecule has 6 nitrogen and oxygen atoms in total. The second-order valence-corrected chi connectivity index (χ2v) is 4.05. The predicted octanol–water partition coefficient (Wildman–Crippen LogP) is 0.903. The summed E-state index contributed by atoms with van der Waals surface area (Å²) in [5, 5.41) is 11.2. The van der Waals surface area contributed by atoms with Gasteiger partial charge in [-0.05, 0) is 12.1 Å². The summed E-state index contributed by atoms with van der Waals surface area (Å²) in [5.74, 6) is -1.30. The molecule has 0 saturated heterocycles. The van der Waals surface area contributed by atoms with Crippen molar-refractivity contribution in [3.05, 3.63) is 30.1 Å². The third-order valence-corrected chi connectivity index (χ3v) is 2.67. The van der Waals surface area contributed by atoms with Crippen LogP contribution < -0.4 is 5.32 Å². The first-order chi connectivity index (χ1) is 9.10. The van der Waals surface area contributed by atoms with Gasteiger partial charge in [0, 0.05) is 30.3 Å². The maximum Gasteiger partial charge on any atom is 0.328 e. The molecule has 0 aliphatic heterocycles. The molecule has 1 amide bonds. The fraction of sp³-hybridized carbons (Fsp3) is 0.385. The minimum Gasteiger partial charge on any atom is -0.467 e. The predicted molar refractivity (Wildman–Crippen MR) is 66.9 cm³/mol. The van der Waals surface area contributed by atoms with Crippen LogP contribution in [0.3, 0.4) is 0 Å². The van der Waals surface area contributed by atoms with Gasteiger partial charge in [-0.1, -0.05) is 6.92 Å². The van der Waals surface area contributed by atoms with Gasteiger partial charge in [-0.15, -0.1) is 0 Å². The van der Waals surface area contributed by atoms with E-state index in [1.807, 2.05) is 6.07 Å². The first kappa shape index (κ1) is 14.6. The summed E-state index contributed by atoms with van der Waals surface area (Å²) in [6, 6.07) is 4.21. The van der Waals surface area contributed by atoms with Crippen molar-refractivity contribution < 1.29 is 14.3 Å². The van der Waals surface area contributed by atoms with E-state index < -0.39 is 17.9 Å². The van der Waals surface area contributed by atoms with Crippen molar-refractivity contribution in [2.45, 2.75) is 19.4 Å². The standard InChI is InChI=1S/C13H15N3O3/c1-9(3-6-14)11(13(18)19-2)16-12(17)10-4-7-15-8-5-10/h4-5,7-9,11H,3H2,1-2H3,(H,16,17)/t9-,11+/m0/s1. The van der Waals surface area contributed by atoms with E-state index in [9.17, 15) is 9.59 Å². The molecule has 1 N–H and O–H groups in total. The molecule has 0 radical (unpaired) electrons. The Labute approximate surface area is 111 Å². The van der Waals surface area contributed by atoms with Gasteiger partial charge in [0.2, 0.25) is 0 Å². The van der Waals surface area contributed by atoms with Crippen molar-refractivity contribution in [3.8, 4) is 6.07 Å². The number of carbonyl (C=O) groups is 2. The highest BCUT2D eigenvalue weighted by Gasteiger charge is 2.27. The first-order valence-electron chi connectivity index (χ1n) is 5.75. The normalized spacial score (nSPS) is 12.9. The van der Waals surface area contributed by atoms with Crippen molar-refractivity contribution in [3.63, 3.8) is 0 Å². The van der Waals surface area contributed by atoms with Gasteiger partial charge in [0.15, 0.2) is 0 Å². The number of methoxy groups -OCH3 is 1. The van der Waals surface area contributed by atoms with Crippen LogP contribution in [0.2, 0.25) is 0 Å². The van der Waals surface area contributed by atoms with Crippen LogP contribution in [0.15, 0.2) is 24.5 Å². The number of ether oxygens (including phenoxy) is 1. The molecule has 6 heteroatoms. The third-order valence-electron chi connectivity index (χ3n) is 2.67. The average Bonchev–Trinajstić information content (AvgIpc) is 2.44. The Bertz CT molecular complexity index is 482. The van der Waals surface area contributed by atoms with Crippen LogP contribution in [0.5, 0.6) is 0 Å². The summed E-state index contributed by atoms with van der Waals surface area (Å²) in [7, 11) is 1.24. The number of hydrogen-bond donors (Lipinski definition) is 1. The van der Waals surface area contributed by atoms with Gasteiger partial charge in [0.05, 0.1) is 13.2 Å². The van der Waals surface area contributed by atoms with E-state index in [1.165, 1.54) is 19.5 Å². The Morgan fingerprint density at radius 2 is 2.11 bits per heavy atom. The molecule has 0 bridgehead atoms. The molecular formula is C13H15N3O3. The molecule has 0 unspecified atom stereocenters. The van der Waals surface area contributed by atoms with Crippen molar-refractivity contribution in [2.24, 2.45) is 5.92 Å². The molecule has 0 aromatic carbocycles. The van der Waals surface area contributed by atoms with Gasteiger partial charge in [-0.25, -0.2) is 4.79 Å². The van der Waals surface area contributed by atoms with E-state index >= 15 is 0 Å². The molecule has 1 heterocycles. The quantitative estimate of drug-likeness (QED) is 0.795. The lowest BCUT2D eigenvalue weighted by Gasteiger charge is -2.21. The van der Waals surface area contributed by atoms with Crippen LogP contribution in [-0.2, 0) is 9.53 Å². The number of aromatic nitrogens is 1. The molecule has 2 atom stereocenters. The summed E-state index contributed by atoms with van der Waals surface area (Å²) in [5.41, 5.74) is 0.396. The second kappa shape index (κ2) is 7.11. The van der Waals surface area contributed by atoms with Crippen LogP contribution in [0.25, 0.3) is 0 Å². The largest absolute Gasteiger partial charge is 0.467 e. The molecular weight excluding hydrogens is 246 g/mol. The highest BCUT2D eigenvalue weighted by Crippen LogP contribution is 2.10. The molecule has 1 aromatic heterocycles. The van der Waals surface area contributed by atoms with E-state index in [-0.39, 0.29) is 12.3 Å². The molecule has 0 aliphatic rings. The van der Waals surface area contributed by atoms with E-state index in [1.54, 1.807) is 19.1 Å². The van der Waals surface area contributed by atoms with Crippen LogP contribution in [0.1, 0.15) is 23.7 Å². The number of amides is 1. The number of nitrogens with zero attached hydrogens (tertiary/aromatic N) is 2. The molecule has 0 fully saturated rings. The van der Waals surface area contributed by atoms with Crippen molar-refractivity contribution in [1.82, 2.24) is 10.3 Å². The maximum absolute atomic E-state index is 12.0. The number of nitrogens with one attached hydrogen (secondary N) is 1. The molecule has 0 aliphatic carbocycles. The van der Waals surface area contributed by atoms with Gasteiger partial charge in [-0.2, -0.15) is 5.26 Å². The van der Waals surface area contributed by atoms with E-state index in [0.717, 1.165) is 0 Å². The number of carbonyl (C=O) groups excluding carboxylic acids is 2. The first-order valence-corrected chi connectivity index (χ1v) is 5.75. The van der Waals surface area contributed by atoms with Crippen LogP contribution >= 0.6 is 0 Å². The number of rotatable bonds is 5. The lowest BCUT2D eigenvalue weighted by atomic mass is 9.98. The third kappa shape index (κ3) is 4.07. The van der Waals surface area contributed by atoms with E-state index in [0.29, 0.717) is 5.56 Å². The van der Waals surface area contributed by atoms with Gasteiger partial charge >= 0.3 is 5.97 Å². The Hall–Kier alpha value is -2.42. The van der Waals surface area contributed by atoms with Gasteiger partial charge < -0.3 is 10.1 Å². The molecule has 1 rings (SSSR count). The van der Waals surface area contributed by atoms with E-state index in [4.69, 9.17) is 5.26 Å². The summed E-state index contributed by atoms with van der Waals surface area (Å²) in [6.45, 7) is 1.71. The number of pyridine rings is 1.